The number of piperidine rings is 1. The van der Waals surface area contributed by atoms with Gasteiger partial charge in [0.25, 0.3) is 0 Å². The smallest absolute Gasteiger partial charge is 0.319 e. The summed E-state index contributed by atoms with van der Waals surface area (Å²) in [6.07, 6.45) is 4.97. The Bertz CT molecular complexity index is 453. The highest BCUT2D eigenvalue weighted by Gasteiger charge is 2.24. The van der Waals surface area contributed by atoms with Gasteiger partial charge in [-0.05, 0) is 19.3 Å². The Morgan fingerprint density at radius 3 is 3.15 bits per heavy atom. The van der Waals surface area contributed by atoms with Crippen LogP contribution >= 0.6 is 0 Å². The van der Waals surface area contributed by atoms with Crippen molar-refractivity contribution in [2.45, 2.75) is 38.7 Å². The summed E-state index contributed by atoms with van der Waals surface area (Å²) in [5.41, 5.74) is 0. The molecular formula is C14H21N3O3. The lowest BCUT2D eigenvalue weighted by atomic mass is 10.1. The maximum Gasteiger partial charge on any atom is 0.319 e. The molecule has 6 nitrogen and oxygen atoms in total. The number of ether oxygens (including phenoxy) is 2. The van der Waals surface area contributed by atoms with Gasteiger partial charge in [0.15, 0.2) is 0 Å². The Morgan fingerprint density at radius 2 is 2.40 bits per heavy atom. The highest BCUT2D eigenvalue weighted by molar-refractivity contribution is 5.76. The van der Waals surface area contributed by atoms with Crippen LogP contribution in [-0.4, -0.2) is 47.1 Å². The summed E-state index contributed by atoms with van der Waals surface area (Å²) in [6.45, 7) is 3.47. The van der Waals surface area contributed by atoms with E-state index in [9.17, 15) is 4.79 Å². The number of aromatic nitrogens is 2. The van der Waals surface area contributed by atoms with Crippen LogP contribution in [0.25, 0.3) is 0 Å². The maximum atomic E-state index is 11.9. The minimum atomic E-state index is -0.0100. The molecule has 0 radical (unpaired) electrons. The molecule has 1 atom stereocenters. The topological polar surface area (TPSA) is 64.6 Å². The van der Waals surface area contributed by atoms with Gasteiger partial charge >= 0.3 is 6.01 Å². The van der Waals surface area contributed by atoms with E-state index in [0.717, 1.165) is 25.8 Å². The molecule has 0 N–H and O–H groups in total. The first-order valence-corrected chi connectivity index (χ1v) is 7.04. The predicted octanol–water partition coefficient (Wildman–Crippen LogP) is 1.66. The molecule has 6 heteroatoms. The molecule has 20 heavy (non-hydrogen) atoms. The molecule has 2 heterocycles. The Hall–Kier alpha value is -1.85. The van der Waals surface area contributed by atoms with Crippen LogP contribution in [0.5, 0.6) is 11.9 Å². The van der Waals surface area contributed by atoms with E-state index in [2.05, 4.69) is 9.97 Å². The molecule has 1 fully saturated rings. The number of amides is 1. The van der Waals surface area contributed by atoms with Gasteiger partial charge < -0.3 is 14.4 Å². The highest BCUT2D eigenvalue weighted by Crippen LogP contribution is 2.18. The van der Waals surface area contributed by atoms with Crippen molar-refractivity contribution >= 4 is 5.91 Å². The first kappa shape index (κ1) is 14.6. The van der Waals surface area contributed by atoms with Crippen molar-refractivity contribution in [2.75, 3.05) is 20.2 Å². The molecular weight excluding hydrogens is 258 g/mol. The van der Waals surface area contributed by atoms with Crippen LogP contribution in [-0.2, 0) is 4.79 Å². The summed E-state index contributed by atoms with van der Waals surface area (Å²) >= 11 is 0. The highest BCUT2D eigenvalue weighted by atomic mass is 16.5. The molecule has 0 bridgehead atoms. The van der Waals surface area contributed by atoms with Crippen LogP contribution in [0, 0.1) is 0 Å². The quantitative estimate of drug-likeness (QED) is 0.820. The Balaban J connectivity index is 1.93. The zero-order valence-corrected chi connectivity index (χ0v) is 12.0. The minimum Gasteiger partial charge on any atom is -0.472 e. The molecule has 1 aliphatic rings. The third kappa shape index (κ3) is 3.82. The summed E-state index contributed by atoms with van der Waals surface area (Å²) in [5, 5.41) is 0. The first-order chi connectivity index (χ1) is 9.72. The third-order valence-corrected chi connectivity index (χ3v) is 3.27. The monoisotopic (exact) mass is 279 g/mol. The molecule has 0 spiro atoms. The molecule has 1 aromatic heterocycles. The lowest BCUT2D eigenvalue weighted by Gasteiger charge is -2.32. The lowest BCUT2D eigenvalue weighted by Crippen LogP contribution is -2.44. The molecule has 0 aromatic carbocycles. The van der Waals surface area contributed by atoms with E-state index < -0.39 is 0 Å². The molecule has 110 valence electrons. The lowest BCUT2D eigenvalue weighted by molar-refractivity contribution is -0.133. The number of likely N-dealkylation sites (tertiary alicyclic amines) is 1. The van der Waals surface area contributed by atoms with E-state index in [1.54, 1.807) is 12.3 Å². The van der Waals surface area contributed by atoms with E-state index in [1.165, 1.54) is 7.11 Å². The summed E-state index contributed by atoms with van der Waals surface area (Å²) in [7, 11) is 1.52. The second kappa shape index (κ2) is 7.07. The molecule has 1 saturated heterocycles. The van der Waals surface area contributed by atoms with Crippen LogP contribution in [0.2, 0.25) is 0 Å². The Morgan fingerprint density at radius 1 is 1.55 bits per heavy atom. The second-order valence-corrected chi connectivity index (χ2v) is 4.85. The fraction of sp³-hybridized carbons (Fsp3) is 0.643. The zero-order valence-electron chi connectivity index (χ0n) is 12.0. The van der Waals surface area contributed by atoms with Gasteiger partial charge in [-0.1, -0.05) is 6.92 Å². The summed E-state index contributed by atoms with van der Waals surface area (Å²) < 4.78 is 10.8. The number of hydrogen-bond acceptors (Lipinski definition) is 5. The van der Waals surface area contributed by atoms with Crippen LogP contribution < -0.4 is 9.47 Å². The van der Waals surface area contributed by atoms with Gasteiger partial charge in [-0.3, -0.25) is 4.79 Å². The molecule has 1 amide bonds. The van der Waals surface area contributed by atoms with Crippen molar-refractivity contribution in [1.82, 2.24) is 14.9 Å². The Labute approximate surface area is 119 Å². The van der Waals surface area contributed by atoms with Crippen LogP contribution in [0.4, 0.5) is 0 Å². The summed E-state index contributed by atoms with van der Waals surface area (Å²) in [6, 6.07) is 1.99. The summed E-state index contributed by atoms with van der Waals surface area (Å²) in [5.74, 6) is 0.702. The van der Waals surface area contributed by atoms with Gasteiger partial charge in [0, 0.05) is 25.2 Å². The molecule has 2 rings (SSSR count). The van der Waals surface area contributed by atoms with E-state index in [4.69, 9.17) is 9.47 Å². The van der Waals surface area contributed by atoms with Gasteiger partial charge in [-0.15, -0.1) is 0 Å². The van der Waals surface area contributed by atoms with Gasteiger partial charge in [0.2, 0.25) is 11.8 Å². The number of rotatable bonds is 5. The number of nitrogens with zero attached hydrogens (tertiary/aromatic N) is 3. The molecule has 0 aliphatic carbocycles. The van der Waals surface area contributed by atoms with E-state index in [-0.39, 0.29) is 18.0 Å². The van der Waals surface area contributed by atoms with Crippen molar-refractivity contribution in [3.8, 4) is 11.9 Å². The van der Waals surface area contributed by atoms with Crippen molar-refractivity contribution in [3.63, 3.8) is 0 Å². The molecule has 1 aromatic rings. The number of carbonyl (C=O) groups excluding carboxylic acids is 1. The van der Waals surface area contributed by atoms with Crippen molar-refractivity contribution < 1.29 is 14.3 Å². The maximum absolute atomic E-state index is 11.9. The van der Waals surface area contributed by atoms with E-state index in [0.29, 0.717) is 18.8 Å². The standard InChI is InChI=1S/C14H21N3O3/c1-3-5-13(18)17-9-4-6-11(10-17)20-12-7-8-15-14(16-12)19-2/h7-8,11H,3-6,9-10H2,1-2H3. The largest absolute Gasteiger partial charge is 0.472 e. The normalized spacial score (nSPS) is 18.7. The van der Waals surface area contributed by atoms with E-state index in [1.807, 2.05) is 11.8 Å². The first-order valence-electron chi connectivity index (χ1n) is 7.04. The van der Waals surface area contributed by atoms with Gasteiger partial charge in [0.05, 0.1) is 13.7 Å². The number of methoxy groups -OCH3 is 1. The minimum absolute atomic E-state index is 0.0100. The molecule has 1 aliphatic heterocycles. The molecule has 0 saturated carbocycles. The van der Waals surface area contributed by atoms with Gasteiger partial charge in [-0.25, -0.2) is 4.98 Å². The van der Waals surface area contributed by atoms with E-state index >= 15 is 0 Å². The van der Waals surface area contributed by atoms with Crippen LogP contribution in [0.1, 0.15) is 32.6 Å². The zero-order chi connectivity index (χ0) is 14.4. The average Bonchev–Trinajstić information content (AvgIpc) is 2.48. The van der Waals surface area contributed by atoms with Gasteiger partial charge in [0.1, 0.15) is 6.10 Å². The predicted molar refractivity (Wildman–Crippen MR) is 73.7 cm³/mol. The van der Waals surface area contributed by atoms with Crippen LogP contribution in [0.15, 0.2) is 12.3 Å². The van der Waals surface area contributed by atoms with Crippen molar-refractivity contribution in [2.24, 2.45) is 0 Å². The van der Waals surface area contributed by atoms with Gasteiger partial charge in [-0.2, -0.15) is 4.98 Å². The summed E-state index contributed by atoms with van der Waals surface area (Å²) in [4.78, 5) is 21.9. The average molecular weight is 279 g/mol. The Kier molecular flexibility index (Phi) is 5.15. The van der Waals surface area contributed by atoms with Crippen LogP contribution in [0.3, 0.4) is 0 Å². The fourth-order valence-electron chi connectivity index (χ4n) is 2.29. The van der Waals surface area contributed by atoms with Crippen molar-refractivity contribution in [3.05, 3.63) is 12.3 Å². The SMILES string of the molecule is CCCC(=O)N1CCCC(Oc2ccnc(OC)n2)C1. The third-order valence-electron chi connectivity index (χ3n) is 3.27. The molecule has 1 unspecified atom stereocenters. The number of carbonyl (C=O) groups is 1. The fourth-order valence-corrected chi connectivity index (χ4v) is 2.29. The second-order valence-electron chi connectivity index (χ2n) is 4.85. The number of hydrogen-bond donors (Lipinski definition) is 0. The van der Waals surface area contributed by atoms with Crippen molar-refractivity contribution in [1.29, 1.82) is 0 Å².